The zero-order valence-electron chi connectivity index (χ0n) is 11.8. The van der Waals surface area contributed by atoms with E-state index < -0.39 is 0 Å². The lowest BCUT2D eigenvalue weighted by Crippen LogP contribution is -2.14. The standard InChI is InChI=1S/C12H18O.C3H8O/c1-12(2,3)10-13-9-11-7-5-4-6-8-11;1-3-4-2/h4-8H,9-10H2,1-3H3;3H2,1-2H3. The number of hydrogen-bond acceptors (Lipinski definition) is 2. The van der Waals surface area contributed by atoms with Crippen molar-refractivity contribution >= 4 is 0 Å². The zero-order chi connectivity index (χ0) is 13.1. The van der Waals surface area contributed by atoms with Crippen LogP contribution in [0.3, 0.4) is 0 Å². The fourth-order valence-electron chi connectivity index (χ4n) is 1.05. The summed E-state index contributed by atoms with van der Waals surface area (Å²) >= 11 is 0. The van der Waals surface area contributed by atoms with E-state index in [9.17, 15) is 0 Å². The topological polar surface area (TPSA) is 18.5 Å². The third-order valence-electron chi connectivity index (χ3n) is 1.94. The van der Waals surface area contributed by atoms with Crippen LogP contribution < -0.4 is 0 Å². The lowest BCUT2D eigenvalue weighted by atomic mass is 9.99. The Kier molecular flexibility index (Phi) is 8.73. The van der Waals surface area contributed by atoms with Crippen LogP contribution in [0.25, 0.3) is 0 Å². The molecule has 98 valence electrons. The predicted molar refractivity (Wildman–Crippen MR) is 73.1 cm³/mol. The smallest absolute Gasteiger partial charge is 0.0717 e. The number of rotatable bonds is 4. The van der Waals surface area contributed by atoms with Gasteiger partial charge >= 0.3 is 0 Å². The van der Waals surface area contributed by atoms with Gasteiger partial charge in [-0.2, -0.15) is 0 Å². The average molecular weight is 238 g/mol. The van der Waals surface area contributed by atoms with Gasteiger partial charge in [0.25, 0.3) is 0 Å². The summed E-state index contributed by atoms with van der Waals surface area (Å²) in [4.78, 5) is 0. The second kappa shape index (κ2) is 9.20. The summed E-state index contributed by atoms with van der Waals surface area (Å²) in [6, 6.07) is 10.3. The molecule has 2 nitrogen and oxygen atoms in total. The highest BCUT2D eigenvalue weighted by Gasteiger charge is 2.09. The van der Waals surface area contributed by atoms with E-state index >= 15 is 0 Å². The Hall–Kier alpha value is -0.860. The molecule has 0 N–H and O–H groups in total. The molecule has 0 heterocycles. The monoisotopic (exact) mass is 238 g/mol. The molecule has 0 unspecified atom stereocenters. The van der Waals surface area contributed by atoms with Crippen LogP contribution in [0.2, 0.25) is 0 Å². The van der Waals surface area contributed by atoms with Crippen LogP contribution >= 0.6 is 0 Å². The molecular formula is C15H26O2. The lowest BCUT2D eigenvalue weighted by molar-refractivity contribution is 0.0599. The van der Waals surface area contributed by atoms with Gasteiger partial charge in [-0.3, -0.25) is 0 Å². The maximum atomic E-state index is 5.58. The number of methoxy groups -OCH3 is 1. The van der Waals surface area contributed by atoms with Crippen LogP contribution in [0.5, 0.6) is 0 Å². The molecule has 2 heteroatoms. The van der Waals surface area contributed by atoms with E-state index in [4.69, 9.17) is 4.74 Å². The van der Waals surface area contributed by atoms with Crippen LogP contribution in [-0.4, -0.2) is 20.3 Å². The molecule has 1 rings (SSSR count). The van der Waals surface area contributed by atoms with Gasteiger partial charge in [0, 0.05) is 13.7 Å². The summed E-state index contributed by atoms with van der Waals surface area (Å²) in [6.45, 7) is 10.8. The maximum absolute atomic E-state index is 5.58. The minimum Gasteiger partial charge on any atom is -0.385 e. The second-order valence-corrected chi connectivity index (χ2v) is 5.12. The summed E-state index contributed by atoms with van der Waals surface area (Å²) in [5.74, 6) is 0. The molecule has 1 aromatic rings. The van der Waals surface area contributed by atoms with E-state index in [1.165, 1.54) is 5.56 Å². The van der Waals surface area contributed by atoms with Crippen molar-refractivity contribution in [1.82, 2.24) is 0 Å². The largest absolute Gasteiger partial charge is 0.385 e. The number of benzene rings is 1. The van der Waals surface area contributed by atoms with Crippen molar-refractivity contribution in [3.05, 3.63) is 35.9 Å². The van der Waals surface area contributed by atoms with Crippen molar-refractivity contribution in [1.29, 1.82) is 0 Å². The van der Waals surface area contributed by atoms with Gasteiger partial charge in [-0.15, -0.1) is 0 Å². The van der Waals surface area contributed by atoms with Crippen molar-refractivity contribution in [2.75, 3.05) is 20.3 Å². The van der Waals surface area contributed by atoms with E-state index in [0.717, 1.165) is 19.8 Å². The van der Waals surface area contributed by atoms with Crippen LogP contribution in [0.4, 0.5) is 0 Å². The Labute approximate surface area is 106 Å². The highest BCUT2D eigenvalue weighted by molar-refractivity contribution is 5.13. The Balaban J connectivity index is 0.000000557. The molecule has 0 aliphatic heterocycles. The Morgan fingerprint density at radius 3 is 2.00 bits per heavy atom. The van der Waals surface area contributed by atoms with Crippen molar-refractivity contribution in [2.24, 2.45) is 5.41 Å². The molecule has 0 fully saturated rings. The molecule has 0 amide bonds. The molecule has 0 atom stereocenters. The van der Waals surface area contributed by atoms with E-state index in [2.05, 4.69) is 37.6 Å². The average Bonchev–Trinajstić information content (AvgIpc) is 2.29. The number of hydrogen-bond donors (Lipinski definition) is 0. The first kappa shape index (κ1) is 16.1. The van der Waals surface area contributed by atoms with E-state index in [1.807, 2.05) is 25.1 Å². The zero-order valence-corrected chi connectivity index (χ0v) is 11.8. The molecule has 0 saturated heterocycles. The predicted octanol–water partition coefficient (Wildman–Crippen LogP) is 3.90. The Bertz CT molecular complexity index is 260. The molecule has 0 aliphatic carbocycles. The minimum atomic E-state index is 0.259. The fourth-order valence-corrected chi connectivity index (χ4v) is 1.05. The summed E-state index contributed by atoms with van der Waals surface area (Å²) in [6.07, 6.45) is 0. The van der Waals surface area contributed by atoms with E-state index in [1.54, 1.807) is 7.11 Å². The first-order valence-corrected chi connectivity index (χ1v) is 6.10. The normalized spacial score (nSPS) is 10.6. The van der Waals surface area contributed by atoms with Gasteiger partial charge in [0.2, 0.25) is 0 Å². The molecule has 0 spiro atoms. The quantitative estimate of drug-likeness (QED) is 0.792. The van der Waals surface area contributed by atoms with Gasteiger partial charge in [-0.05, 0) is 17.9 Å². The van der Waals surface area contributed by atoms with Crippen molar-refractivity contribution in [3.63, 3.8) is 0 Å². The molecule has 0 aromatic heterocycles. The maximum Gasteiger partial charge on any atom is 0.0717 e. The highest BCUT2D eigenvalue weighted by Crippen LogP contribution is 2.14. The van der Waals surface area contributed by atoms with Gasteiger partial charge in [0.05, 0.1) is 13.2 Å². The Morgan fingerprint density at radius 1 is 1.06 bits per heavy atom. The van der Waals surface area contributed by atoms with Gasteiger partial charge < -0.3 is 9.47 Å². The third-order valence-corrected chi connectivity index (χ3v) is 1.94. The van der Waals surface area contributed by atoms with Gasteiger partial charge in [-0.1, -0.05) is 51.1 Å². The fraction of sp³-hybridized carbons (Fsp3) is 0.600. The second-order valence-electron chi connectivity index (χ2n) is 5.12. The SMILES string of the molecule is CC(C)(C)COCc1ccccc1.CCOC. The molecule has 0 bridgehead atoms. The van der Waals surface area contributed by atoms with Crippen LogP contribution in [0, 0.1) is 5.41 Å². The molecule has 1 aromatic carbocycles. The van der Waals surface area contributed by atoms with Gasteiger partial charge in [0.1, 0.15) is 0 Å². The van der Waals surface area contributed by atoms with Crippen molar-refractivity contribution < 1.29 is 9.47 Å². The van der Waals surface area contributed by atoms with Crippen molar-refractivity contribution in [3.8, 4) is 0 Å². The van der Waals surface area contributed by atoms with Gasteiger partial charge in [0.15, 0.2) is 0 Å². The number of ether oxygens (including phenoxy) is 2. The van der Waals surface area contributed by atoms with Crippen LogP contribution in [-0.2, 0) is 16.1 Å². The van der Waals surface area contributed by atoms with Crippen LogP contribution in [0.15, 0.2) is 30.3 Å². The first-order chi connectivity index (χ1) is 7.99. The third kappa shape index (κ3) is 11.4. The van der Waals surface area contributed by atoms with E-state index in [0.29, 0.717) is 0 Å². The highest BCUT2D eigenvalue weighted by atomic mass is 16.5. The summed E-state index contributed by atoms with van der Waals surface area (Å²) < 4.78 is 10.1. The Morgan fingerprint density at radius 2 is 1.59 bits per heavy atom. The first-order valence-electron chi connectivity index (χ1n) is 6.10. The minimum absolute atomic E-state index is 0.259. The molecule has 0 radical (unpaired) electrons. The van der Waals surface area contributed by atoms with Gasteiger partial charge in [-0.25, -0.2) is 0 Å². The van der Waals surface area contributed by atoms with Crippen molar-refractivity contribution in [2.45, 2.75) is 34.3 Å². The van der Waals surface area contributed by atoms with Crippen LogP contribution in [0.1, 0.15) is 33.3 Å². The van der Waals surface area contributed by atoms with E-state index in [-0.39, 0.29) is 5.41 Å². The molecular weight excluding hydrogens is 212 g/mol. The summed E-state index contributed by atoms with van der Waals surface area (Å²) in [7, 11) is 1.68. The molecule has 0 aliphatic rings. The molecule has 17 heavy (non-hydrogen) atoms. The lowest BCUT2D eigenvalue weighted by Gasteiger charge is -2.17. The summed E-state index contributed by atoms with van der Waals surface area (Å²) in [5.41, 5.74) is 1.50. The molecule has 0 saturated carbocycles. The summed E-state index contributed by atoms with van der Waals surface area (Å²) in [5, 5.41) is 0.